The summed E-state index contributed by atoms with van der Waals surface area (Å²) >= 11 is 0. The second-order valence-electron chi connectivity index (χ2n) is 12.6. The molecule has 0 atom stereocenters. The average Bonchev–Trinajstić information content (AvgIpc) is 3.61. The van der Waals surface area contributed by atoms with Crippen molar-refractivity contribution in [2.75, 3.05) is 30.0 Å². The van der Waals surface area contributed by atoms with Crippen LogP contribution in [0.5, 0.6) is 0 Å². The van der Waals surface area contributed by atoms with E-state index in [1.165, 1.54) is 22.7 Å². The van der Waals surface area contributed by atoms with Gasteiger partial charge in [-0.3, -0.25) is 19.3 Å². The van der Waals surface area contributed by atoms with Crippen LogP contribution in [0.15, 0.2) is 47.9 Å². The summed E-state index contributed by atoms with van der Waals surface area (Å²) in [7, 11) is 1.68. The molecule has 1 fully saturated rings. The third kappa shape index (κ3) is 4.88. The monoisotopic (exact) mass is 597 g/mol. The quantitative estimate of drug-likeness (QED) is 0.321. The third-order valence-corrected chi connectivity index (χ3v) is 8.73. The van der Waals surface area contributed by atoms with E-state index in [0.717, 1.165) is 12.8 Å². The fourth-order valence-electron chi connectivity index (χ4n) is 6.50. The fourth-order valence-corrected chi connectivity index (χ4v) is 6.50. The zero-order chi connectivity index (χ0) is 30.7. The van der Waals surface area contributed by atoms with Crippen molar-refractivity contribution in [2.45, 2.75) is 52.8 Å². The third-order valence-electron chi connectivity index (χ3n) is 8.73. The summed E-state index contributed by atoms with van der Waals surface area (Å²) in [5.41, 5.74) is 5.41. The summed E-state index contributed by atoms with van der Waals surface area (Å²) in [5, 5.41) is 3.16. The van der Waals surface area contributed by atoms with Gasteiger partial charge >= 0.3 is 5.97 Å². The summed E-state index contributed by atoms with van der Waals surface area (Å²) in [6.07, 6.45) is 8.83. The standard InChI is InChI=1S/C32H35N7O5/c1-19(40)44-17-24-23(21-9-25(30(41)36(4)13-21)35-28-14-37(18-34-28)22-15-43-16-22)5-6-33-29(24)39-8-7-38-26(31(39)42)10-20-11-32(2,3)12-27(20)38/h5-6,9-10,13-14,18,22,35H,7-8,11-12,15-17H2,1-4H3. The molecular formula is C32H35N7O5. The van der Waals surface area contributed by atoms with E-state index in [0.29, 0.717) is 66.0 Å². The Hall–Kier alpha value is -4.71. The summed E-state index contributed by atoms with van der Waals surface area (Å²) in [6, 6.07) is 5.82. The topological polar surface area (TPSA) is 126 Å². The Bertz CT molecular complexity index is 1860. The zero-order valence-corrected chi connectivity index (χ0v) is 25.3. The van der Waals surface area contributed by atoms with E-state index in [4.69, 9.17) is 9.47 Å². The van der Waals surface area contributed by atoms with Gasteiger partial charge in [0, 0.05) is 62.5 Å². The number of hydrogen-bond acceptors (Lipinski definition) is 8. The van der Waals surface area contributed by atoms with E-state index < -0.39 is 5.97 Å². The SMILES string of the molecule is CC(=O)OCc1c(-c2cc(Nc3cn(C4COC4)cn3)c(=O)n(C)c2)ccnc1N1CCn2c(cc3c2CC(C)(C)C3)C1=O. The van der Waals surface area contributed by atoms with Crippen LogP contribution in [0.4, 0.5) is 17.3 Å². The number of pyridine rings is 2. The van der Waals surface area contributed by atoms with Gasteiger partial charge in [0.05, 0.1) is 25.6 Å². The van der Waals surface area contributed by atoms with Gasteiger partial charge in [0.15, 0.2) is 0 Å². The number of carbonyl (C=O) groups excluding carboxylic acids is 2. The van der Waals surface area contributed by atoms with E-state index in [-0.39, 0.29) is 29.5 Å². The maximum absolute atomic E-state index is 13.9. The lowest BCUT2D eigenvalue weighted by molar-refractivity contribution is -0.142. The highest BCUT2D eigenvalue weighted by Crippen LogP contribution is 2.40. The van der Waals surface area contributed by atoms with Crippen molar-refractivity contribution >= 4 is 29.2 Å². The zero-order valence-electron chi connectivity index (χ0n) is 25.3. The van der Waals surface area contributed by atoms with Crippen LogP contribution in [0, 0.1) is 5.41 Å². The molecule has 0 saturated carbocycles. The van der Waals surface area contributed by atoms with Gasteiger partial charge in [-0.1, -0.05) is 13.8 Å². The Morgan fingerprint density at radius 2 is 1.95 bits per heavy atom. The molecule has 1 N–H and O–H groups in total. The lowest BCUT2D eigenvalue weighted by atomic mass is 9.90. The second-order valence-corrected chi connectivity index (χ2v) is 12.6. The number of carbonyl (C=O) groups is 2. The van der Waals surface area contributed by atoms with E-state index >= 15 is 0 Å². The van der Waals surface area contributed by atoms with Gasteiger partial charge < -0.3 is 28.5 Å². The number of aromatic nitrogens is 5. The van der Waals surface area contributed by atoms with E-state index in [1.54, 1.807) is 36.7 Å². The molecule has 44 heavy (non-hydrogen) atoms. The predicted molar refractivity (Wildman–Crippen MR) is 163 cm³/mol. The summed E-state index contributed by atoms with van der Waals surface area (Å²) in [4.78, 5) is 49.8. The number of aryl methyl sites for hydroxylation is 1. The molecule has 0 spiro atoms. The Balaban J connectivity index is 1.25. The molecule has 0 radical (unpaired) electrons. The van der Waals surface area contributed by atoms with Crippen LogP contribution in [0.1, 0.15) is 54.1 Å². The maximum atomic E-state index is 13.9. The molecule has 0 aromatic carbocycles. The van der Waals surface area contributed by atoms with Crippen LogP contribution in [0.2, 0.25) is 0 Å². The van der Waals surface area contributed by atoms with Gasteiger partial charge in [0.1, 0.15) is 29.6 Å². The van der Waals surface area contributed by atoms with Crippen LogP contribution in [-0.2, 0) is 47.3 Å². The number of hydrogen-bond donors (Lipinski definition) is 1. The molecule has 7 rings (SSSR count). The van der Waals surface area contributed by atoms with Crippen molar-refractivity contribution in [1.29, 1.82) is 0 Å². The van der Waals surface area contributed by atoms with E-state index in [9.17, 15) is 14.4 Å². The molecular weight excluding hydrogens is 562 g/mol. The van der Waals surface area contributed by atoms with E-state index in [2.05, 4.69) is 33.7 Å². The Morgan fingerprint density at radius 1 is 1.14 bits per heavy atom. The van der Waals surface area contributed by atoms with Gasteiger partial charge in [0.2, 0.25) is 0 Å². The van der Waals surface area contributed by atoms with Crippen LogP contribution in [0.3, 0.4) is 0 Å². The summed E-state index contributed by atoms with van der Waals surface area (Å²) < 4.78 is 16.4. The lowest BCUT2D eigenvalue weighted by Crippen LogP contribution is -2.41. The minimum atomic E-state index is -0.445. The summed E-state index contributed by atoms with van der Waals surface area (Å²) in [6.45, 7) is 8.13. The van der Waals surface area contributed by atoms with Crippen LogP contribution >= 0.6 is 0 Å². The number of esters is 1. The van der Waals surface area contributed by atoms with Crippen molar-refractivity contribution in [2.24, 2.45) is 12.5 Å². The number of anilines is 3. The number of imidazole rings is 1. The van der Waals surface area contributed by atoms with Crippen LogP contribution in [-0.4, -0.2) is 55.3 Å². The number of nitrogens with zero attached hydrogens (tertiary/aromatic N) is 6. The molecule has 3 aliphatic rings. The molecule has 4 aromatic heterocycles. The van der Waals surface area contributed by atoms with Crippen molar-refractivity contribution < 1.29 is 19.1 Å². The minimum Gasteiger partial charge on any atom is -0.461 e. The molecule has 2 aliphatic heterocycles. The average molecular weight is 598 g/mol. The molecule has 6 heterocycles. The van der Waals surface area contributed by atoms with Gasteiger partial charge in [0.25, 0.3) is 11.5 Å². The smallest absolute Gasteiger partial charge is 0.302 e. The molecule has 4 aromatic rings. The van der Waals surface area contributed by atoms with Crippen LogP contribution in [0.25, 0.3) is 11.1 Å². The first-order valence-electron chi connectivity index (χ1n) is 14.8. The number of rotatable bonds is 7. The molecule has 12 nitrogen and oxygen atoms in total. The van der Waals surface area contributed by atoms with Gasteiger partial charge in [-0.05, 0) is 47.6 Å². The Kier molecular flexibility index (Phi) is 6.69. The molecule has 1 aliphatic carbocycles. The highest BCUT2D eigenvalue weighted by molar-refractivity contribution is 6.06. The van der Waals surface area contributed by atoms with Crippen LogP contribution < -0.4 is 15.8 Å². The molecule has 12 heteroatoms. The van der Waals surface area contributed by atoms with Crippen molar-refractivity contribution in [3.63, 3.8) is 0 Å². The number of amides is 1. The number of ether oxygens (including phenoxy) is 2. The number of fused-ring (bicyclic) bond motifs is 3. The summed E-state index contributed by atoms with van der Waals surface area (Å²) in [5.74, 6) is 0.400. The molecule has 0 unspecified atom stereocenters. The van der Waals surface area contributed by atoms with Crippen molar-refractivity contribution in [3.8, 4) is 11.1 Å². The Labute approximate surface area is 254 Å². The van der Waals surface area contributed by atoms with Gasteiger partial charge in [-0.2, -0.15) is 0 Å². The first-order chi connectivity index (χ1) is 21.1. The van der Waals surface area contributed by atoms with E-state index in [1.807, 2.05) is 22.9 Å². The van der Waals surface area contributed by atoms with Gasteiger partial charge in [-0.15, -0.1) is 0 Å². The fraction of sp³-hybridized carbons (Fsp3) is 0.406. The maximum Gasteiger partial charge on any atom is 0.302 e. The first kappa shape index (κ1) is 28.1. The normalized spacial score (nSPS) is 17.3. The Morgan fingerprint density at radius 3 is 2.70 bits per heavy atom. The minimum absolute atomic E-state index is 0.0806. The van der Waals surface area contributed by atoms with Crippen molar-refractivity contribution in [3.05, 3.63) is 76.0 Å². The van der Waals surface area contributed by atoms with Crippen molar-refractivity contribution in [1.82, 2.24) is 23.7 Å². The largest absolute Gasteiger partial charge is 0.461 e. The number of nitrogens with one attached hydrogen (secondary N) is 1. The second kappa shape index (κ2) is 10.5. The highest BCUT2D eigenvalue weighted by Gasteiger charge is 2.37. The van der Waals surface area contributed by atoms with Gasteiger partial charge in [-0.25, -0.2) is 9.97 Å². The lowest BCUT2D eigenvalue weighted by Gasteiger charge is -2.31. The molecule has 0 bridgehead atoms. The first-order valence-corrected chi connectivity index (χ1v) is 14.8. The predicted octanol–water partition coefficient (Wildman–Crippen LogP) is 3.61. The molecule has 228 valence electrons. The molecule has 1 saturated heterocycles. The highest BCUT2D eigenvalue weighted by atomic mass is 16.5. The molecule has 1 amide bonds.